The van der Waals surface area contributed by atoms with E-state index >= 15 is 0 Å². The lowest BCUT2D eigenvalue weighted by atomic mass is 10.3. The van der Waals surface area contributed by atoms with Crippen molar-refractivity contribution in [3.63, 3.8) is 0 Å². The Labute approximate surface area is 89.7 Å². The third-order valence-electron chi connectivity index (χ3n) is 1.79. The summed E-state index contributed by atoms with van der Waals surface area (Å²) >= 11 is 0. The fraction of sp³-hybridized carbons (Fsp3) is 0.444. The first-order valence-electron chi connectivity index (χ1n) is 4.46. The van der Waals surface area contributed by atoms with Crippen LogP contribution in [-0.4, -0.2) is 35.3 Å². The van der Waals surface area contributed by atoms with Crippen molar-refractivity contribution < 1.29 is 28.2 Å². The molecule has 0 fully saturated rings. The molecule has 5 nitrogen and oxygen atoms in total. The van der Waals surface area contributed by atoms with Crippen molar-refractivity contribution in [1.29, 1.82) is 0 Å². The summed E-state index contributed by atoms with van der Waals surface area (Å²) in [4.78, 5) is 10.4. The van der Waals surface area contributed by atoms with E-state index in [9.17, 15) is 13.6 Å². The van der Waals surface area contributed by atoms with Gasteiger partial charge < -0.3 is 19.9 Å². The maximum Gasteiger partial charge on any atom is 0.371 e. The fourth-order valence-electron chi connectivity index (χ4n) is 1.01. The molecule has 0 aliphatic heterocycles. The van der Waals surface area contributed by atoms with Gasteiger partial charge in [0.15, 0.2) is 0 Å². The van der Waals surface area contributed by atoms with Gasteiger partial charge in [-0.3, -0.25) is 0 Å². The minimum absolute atomic E-state index is 0.0249. The van der Waals surface area contributed by atoms with Gasteiger partial charge in [-0.15, -0.1) is 0 Å². The number of halogens is 2. The van der Waals surface area contributed by atoms with Gasteiger partial charge in [-0.2, -0.15) is 0 Å². The Kier molecular flexibility index (Phi) is 3.97. The van der Waals surface area contributed by atoms with E-state index in [4.69, 9.17) is 14.6 Å². The van der Waals surface area contributed by atoms with Crippen LogP contribution < -0.4 is 5.32 Å². The number of carboxylic acids is 1. The van der Waals surface area contributed by atoms with Crippen molar-refractivity contribution in [1.82, 2.24) is 5.32 Å². The number of hydrogen-bond acceptors (Lipinski definition) is 4. The predicted molar refractivity (Wildman–Crippen MR) is 49.4 cm³/mol. The normalized spacial score (nSPS) is 11.7. The highest BCUT2D eigenvalue weighted by Gasteiger charge is 2.26. The lowest BCUT2D eigenvalue weighted by Crippen LogP contribution is -2.35. The molecule has 0 saturated carbocycles. The summed E-state index contributed by atoms with van der Waals surface area (Å²) < 4.78 is 29.9. The molecule has 0 unspecified atom stereocenters. The fourth-order valence-corrected chi connectivity index (χ4v) is 1.01. The van der Waals surface area contributed by atoms with E-state index in [0.717, 1.165) is 0 Å². The number of aliphatic hydroxyl groups excluding tert-OH is 1. The molecule has 90 valence electrons. The predicted octanol–water partition coefficient (Wildman–Crippen LogP) is 0.695. The Bertz CT molecular complexity index is 364. The summed E-state index contributed by atoms with van der Waals surface area (Å²) in [6.45, 7) is -1.96. The van der Waals surface area contributed by atoms with E-state index < -0.39 is 25.0 Å². The summed E-state index contributed by atoms with van der Waals surface area (Å²) in [7, 11) is 0. The van der Waals surface area contributed by atoms with Crippen LogP contribution in [-0.2, 0) is 6.54 Å². The second kappa shape index (κ2) is 5.04. The zero-order chi connectivity index (χ0) is 12.2. The Morgan fingerprint density at radius 3 is 2.69 bits per heavy atom. The van der Waals surface area contributed by atoms with Gasteiger partial charge in [-0.05, 0) is 12.1 Å². The third-order valence-corrected chi connectivity index (χ3v) is 1.79. The van der Waals surface area contributed by atoms with Crippen molar-refractivity contribution in [3.05, 3.63) is 23.7 Å². The minimum Gasteiger partial charge on any atom is -0.475 e. The van der Waals surface area contributed by atoms with Crippen LogP contribution >= 0.6 is 0 Å². The first kappa shape index (κ1) is 12.6. The standard InChI is InChI=1S/C9H11F2NO4/c10-9(11,5-13)4-12-3-6-1-2-7(16-6)8(14)15/h1-2,12-13H,3-5H2,(H,14,15). The number of furan rings is 1. The maximum atomic E-state index is 12.6. The zero-order valence-electron chi connectivity index (χ0n) is 8.24. The number of carboxylic acid groups (broad SMARTS) is 1. The highest BCUT2D eigenvalue weighted by atomic mass is 19.3. The Hall–Kier alpha value is -1.47. The number of carbonyl (C=O) groups is 1. The van der Waals surface area contributed by atoms with Crippen LogP contribution in [0.4, 0.5) is 8.78 Å². The van der Waals surface area contributed by atoms with Crippen molar-refractivity contribution in [2.75, 3.05) is 13.2 Å². The van der Waals surface area contributed by atoms with Gasteiger partial charge in [0.1, 0.15) is 12.4 Å². The summed E-state index contributed by atoms with van der Waals surface area (Å²) in [6, 6.07) is 2.62. The highest BCUT2D eigenvalue weighted by molar-refractivity contribution is 5.84. The van der Waals surface area contributed by atoms with Gasteiger partial charge in [0.2, 0.25) is 5.76 Å². The monoisotopic (exact) mass is 235 g/mol. The first-order chi connectivity index (χ1) is 7.44. The second-order valence-corrected chi connectivity index (χ2v) is 3.19. The largest absolute Gasteiger partial charge is 0.475 e. The summed E-state index contributed by atoms with van der Waals surface area (Å²) in [5, 5.41) is 19.1. The molecular formula is C9H11F2NO4. The average molecular weight is 235 g/mol. The molecule has 0 aliphatic rings. The van der Waals surface area contributed by atoms with Crippen LogP contribution in [0.1, 0.15) is 16.3 Å². The molecule has 0 amide bonds. The molecule has 0 radical (unpaired) electrons. The molecule has 0 saturated heterocycles. The summed E-state index contributed by atoms with van der Waals surface area (Å²) in [5.74, 6) is -4.41. The van der Waals surface area contributed by atoms with Crippen LogP contribution in [0.25, 0.3) is 0 Å². The Balaban J connectivity index is 2.40. The number of aliphatic hydroxyl groups is 1. The summed E-state index contributed by atoms with van der Waals surface area (Å²) in [5.41, 5.74) is 0. The van der Waals surface area contributed by atoms with E-state index in [1.54, 1.807) is 0 Å². The lowest BCUT2D eigenvalue weighted by molar-refractivity contribution is -0.0480. The number of nitrogens with one attached hydrogen (secondary N) is 1. The van der Waals surface area contributed by atoms with Crippen LogP contribution in [0.2, 0.25) is 0 Å². The number of hydrogen-bond donors (Lipinski definition) is 3. The van der Waals surface area contributed by atoms with E-state index in [-0.39, 0.29) is 18.1 Å². The van der Waals surface area contributed by atoms with Gasteiger partial charge >= 0.3 is 5.97 Å². The molecule has 1 aromatic rings. The van der Waals surface area contributed by atoms with Crippen LogP contribution in [0.15, 0.2) is 16.5 Å². The molecule has 0 bridgehead atoms. The smallest absolute Gasteiger partial charge is 0.371 e. The van der Waals surface area contributed by atoms with Crippen molar-refractivity contribution in [2.45, 2.75) is 12.5 Å². The zero-order valence-corrected chi connectivity index (χ0v) is 8.24. The van der Waals surface area contributed by atoms with E-state index in [0.29, 0.717) is 0 Å². The minimum atomic E-state index is -3.19. The Morgan fingerprint density at radius 2 is 2.19 bits per heavy atom. The van der Waals surface area contributed by atoms with Gasteiger partial charge in [-0.1, -0.05) is 0 Å². The maximum absolute atomic E-state index is 12.6. The van der Waals surface area contributed by atoms with Crippen molar-refractivity contribution in [2.24, 2.45) is 0 Å². The second-order valence-electron chi connectivity index (χ2n) is 3.19. The van der Waals surface area contributed by atoms with Crippen LogP contribution in [0, 0.1) is 0 Å². The molecule has 1 aromatic heterocycles. The molecule has 7 heteroatoms. The van der Waals surface area contributed by atoms with Gasteiger partial charge in [0, 0.05) is 0 Å². The lowest BCUT2D eigenvalue weighted by Gasteiger charge is -2.12. The number of alkyl halides is 2. The van der Waals surface area contributed by atoms with Gasteiger partial charge in [0.25, 0.3) is 5.92 Å². The topological polar surface area (TPSA) is 82.7 Å². The third kappa shape index (κ3) is 3.59. The van der Waals surface area contributed by atoms with Gasteiger partial charge in [-0.25, -0.2) is 13.6 Å². The van der Waals surface area contributed by atoms with Crippen LogP contribution in [0.3, 0.4) is 0 Å². The highest BCUT2D eigenvalue weighted by Crippen LogP contribution is 2.11. The Morgan fingerprint density at radius 1 is 1.50 bits per heavy atom. The molecule has 1 heterocycles. The van der Waals surface area contributed by atoms with E-state index in [1.807, 2.05) is 0 Å². The molecule has 0 aliphatic carbocycles. The van der Waals surface area contributed by atoms with Crippen molar-refractivity contribution >= 4 is 5.97 Å². The average Bonchev–Trinajstić information content (AvgIpc) is 2.66. The number of rotatable bonds is 6. The van der Waals surface area contributed by atoms with E-state index in [1.165, 1.54) is 12.1 Å². The van der Waals surface area contributed by atoms with Crippen molar-refractivity contribution in [3.8, 4) is 0 Å². The van der Waals surface area contributed by atoms with Gasteiger partial charge in [0.05, 0.1) is 13.1 Å². The molecule has 0 aromatic carbocycles. The SMILES string of the molecule is O=C(O)c1ccc(CNCC(F)(F)CO)o1. The molecule has 0 atom stereocenters. The quantitative estimate of drug-likeness (QED) is 0.675. The molecular weight excluding hydrogens is 224 g/mol. The molecule has 0 spiro atoms. The first-order valence-corrected chi connectivity index (χ1v) is 4.46. The molecule has 1 rings (SSSR count). The summed E-state index contributed by atoms with van der Waals surface area (Å²) in [6.07, 6.45) is 0. The van der Waals surface area contributed by atoms with E-state index in [2.05, 4.69) is 5.32 Å². The molecule has 3 N–H and O–H groups in total. The van der Waals surface area contributed by atoms with Crippen LogP contribution in [0.5, 0.6) is 0 Å². The number of aromatic carboxylic acids is 1. The molecule has 16 heavy (non-hydrogen) atoms.